The van der Waals surface area contributed by atoms with Crippen LogP contribution in [-0.4, -0.2) is 49.1 Å². The molecule has 0 aliphatic carbocycles. The minimum Gasteiger partial charge on any atom is -0.485 e. The number of pyridine rings is 1. The van der Waals surface area contributed by atoms with Crippen molar-refractivity contribution in [2.45, 2.75) is 31.9 Å². The molecule has 1 aliphatic rings. The number of benzene rings is 1. The van der Waals surface area contributed by atoms with Gasteiger partial charge in [-0.05, 0) is 19.1 Å². The van der Waals surface area contributed by atoms with E-state index in [0.717, 1.165) is 6.07 Å². The van der Waals surface area contributed by atoms with Gasteiger partial charge in [0, 0.05) is 17.3 Å². The molecule has 0 fully saturated rings. The number of hydrazine groups is 1. The average molecular weight is 516 g/mol. The highest BCUT2D eigenvalue weighted by Gasteiger charge is 2.29. The van der Waals surface area contributed by atoms with Crippen LogP contribution in [0.15, 0.2) is 35.6 Å². The van der Waals surface area contributed by atoms with Crippen LogP contribution in [0, 0.1) is 5.82 Å². The van der Waals surface area contributed by atoms with E-state index in [2.05, 4.69) is 26.3 Å². The molecule has 3 amide bonds. The molecule has 0 bridgehead atoms. The smallest absolute Gasteiger partial charge is 0.334 e. The van der Waals surface area contributed by atoms with Crippen molar-refractivity contribution in [3.05, 3.63) is 47.0 Å². The van der Waals surface area contributed by atoms with Crippen molar-refractivity contribution in [3.63, 3.8) is 0 Å². The second kappa shape index (κ2) is 11.6. The van der Waals surface area contributed by atoms with Crippen LogP contribution in [0.2, 0.25) is 5.02 Å². The zero-order valence-electron chi connectivity index (χ0n) is 18.5. The summed E-state index contributed by atoms with van der Waals surface area (Å²) in [5.41, 5.74) is 4.67. The van der Waals surface area contributed by atoms with Crippen molar-refractivity contribution >= 4 is 29.4 Å². The fourth-order valence-corrected chi connectivity index (χ4v) is 3.29. The molecule has 0 radical (unpaired) electrons. The first kappa shape index (κ1) is 25.9. The lowest BCUT2D eigenvalue weighted by atomic mass is 10.0. The molecule has 188 valence electrons. The van der Waals surface area contributed by atoms with Crippen molar-refractivity contribution in [1.82, 2.24) is 21.2 Å². The summed E-state index contributed by atoms with van der Waals surface area (Å²) in [6, 6.07) is 3.91. The van der Waals surface area contributed by atoms with Crippen LogP contribution in [0.1, 0.15) is 25.1 Å². The first-order valence-corrected chi connectivity index (χ1v) is 10.6. The third-order valence-electron chi connectivity index (χ3n) is 4.73. The highest BCUT2D eigenvalue weighted by molar-refractivity contribution is 6.32. The van der Waals surface area contributed by atoms with Crippen molar-refractivity contribution < 1.29 is 37.1 Å². The molecule has 0 spiro atoms. The Bertz CT molecular complexity index is 1120. The number of carbonyl (C=O) groups is 2. The fraction of sp³-hybridized carbons (Fsp3) is 0.333. The van der Waals surface area contributed by atoms with Crippen LogP contribution in [0.3, 0.4) is 0 Å². The second-order valence-corrected chi connectivity index (χ2v) is 7.61. The van der Waals surface area contributed by atoms with Gasteiger partial charge < -0.3 is 19.6 Å². The van der Waals surface area contributed by atoms with Crippen molar-refractivity contribution in [2.75, 3.05) is 13.7 Å². The summed E-state index contributed by atoms with van der Waals surface area (Å²) >= 11 is 6.06. The molecule has 3 N–H and O–H groups in total. The number of para-hydroxylation sites is 1. The number of halogens is 4. The van der Waals surface area contributed by atoms with Crippen LogP contribution in [0.25, 0.3) is 11.1 Å². The van der Waals surface area contributed by atoms with Crippen LogP contribution in [-0.2, 0) is 14.4 Å². The van der Waals surface area contributed by atoms with E-state index in [1.807, 2.05) is 0 Å². The number of rotatable bonds is 7. The number of urea groups is 1. The predicted molar refractivity (Wildman–Crippen MR) is 118 cm³/mol. The summed E-state index contributed by atoms with van der Waals surface area (Å²) in [7, 11) is 1.38. The van der Waals surface area contributed by atoms with Crippen LogP contribution < -0.4 is 20.9 Å². The largest absolute Gasteiger partial charge is 0.485 e. The topological polar surface area (TPSA) is 123 Å². The standard InChI is InChI=1S/C21H21ClF3N5O5/c1-10(27-21(32)29-28-20(31)15-7-17(33-2)30-35-15)18-14(23)6-11(8-26-18)12-4-3-5-13(22)19(12)34-9-16(24)25/h3-6,8,10,15-16H,7,9H2,1-2H3,(H,28,31)(H2,27,29,32)/t10-,15?/m1/s1. The van der Waals surface area contributed by atoms with Gasteiger partial charge in [0.1, 0.15) is 18.2 Å². The van der Waals surface area contributed by atoms with E-state index in [0.29, 0.717) is 0 Å². The van der Waals surface area contributed by atoms with Gasteiger partial charge in [0.15, 0.2) is 0 Å². The Morgan fingerprint density at radius 3 is 2.74 bits per heavy atom. The molecule has 0 saturated carbocycles. The zero-order chi connectivity index (χ0) is 25.5. The molecule has 35 heavy (non-hydrogen) atoms. The molecule has 1 unspecified atom stereocenters. The lowest BCUT2D eigenvalue weighted by Gasteiger charge is -2.17. The monoisotopic (exact) mass is 515 g/mol. The first-order chi connectivity index (χ1) is 16.7. The Hall–Kier alpha value is -3.74. The first-order valence-electron chi connectivity index (χ1n) is 10.2. The van der Waals surface area contributed by atoms with Crippen LogP contribution >= 0.6 is 11.6 Å². The second-order valence-electron chi connectivity index (χ2n) is 7.21. The number of methoxy groups -OCH3 is 1. The highest BCUT2D eigenvalue weighted by atomic mass is 35.5. The van der Waals surface area contributed by atoms with Gasteiger partial charge in [-0.3, -0.25) is 15.2 Å². The van der Waals surface area contributed by atoms with E-state index in [1.54, 1.807) is 6.07 Å². The number of oxime groups is 1. The van der Waals surface area contributed by atoms with Crippen LogP contribution in [0.5, 0.6) is 5.75 Å². The zero-order valence-corrected chi connectivity index (χ0v) is 19.2. The van der Waals surface area contributed by atoms with E-state index in [1.165, 1.54) is 32.4 Å². The summed E-state index contributed by atoms with van der Waals surface area (Å²) in [5, 5.41) is 6.05. The molecule has 2 heterocycles. The van der Waals surface area contributed by atoms with Gasteiger partial charge in [-0.25, -0.2) is 23.4 Å². The Morgan fingerprint density at radius 2 is 2.09 bits per heavy atom. The van der Waals surface area contributed by atoms with Crippen molar-refractivity contribution in [3.8, 4) is 16.9 Å². The van der Waals surface area contributed by atoms with Gasteiger partial charge >= 0.3 is 6.03 Å². The molecule has 1 aliphatic heterocycles. The lowest BCUT2D eigenvalue weighted by Crippen LogP contribution is -2.50. The number of ether oxygens (including phenoxy) is 2. The number of hydrogen-bond acceptors (Lipinski definition) is 7. The van der Waals surface area contributed by atoms with Gasteiger partial charge in [-0.2, -0.15) is 0 Å². The van der Waals surface area contributed by atoms with Crippen molar-refractivity contribution in [1.29, 1.82) is 0 Å². The van der Waals surface area contributed by atoms with E-state index in [4.69, 9.17) is 25.9 Å². The molecular formula is C21H21ClF3N5O5. The maximum absolute atomic E-state index is 14.8. The van der Waals surface area contributed by atoms with E-state index in [-0.39, 0.29) is 39.9 Å². The number of alkyl halides is 2. The summed E-state index contributed by atoms with van der Waals surface area (Å²) in [6.07, 6.45) is -2.29. The maximum atomic E-state index is 14.8. The molecular weight excluding hydrogens is 495 g/mol. The SMILES string of the molecule is COC1=NOC(C(=O)NNC(=O)N[C@H](C)c2ncc(-c3cccc(Cl)c3OCC(F)F)cc2F)C1. The highest BCUT2D eigenvalue weighted by Crippen LogP contribution is 2.37. The number of hydrogen-bond donors (Lipinski definition) is 3. The molecule has 3 rings (SSSR count). The van der Waals surface area contributed by atoms with E-state index >= 15 is 0 Å². The number of nitrogens with zero attached hydrogens (tertiary/aromatic N) is 2. The van der Waals surface area contributed by atoms with Gasteiger partial charge in [0.25, 0.3) is 12.3 Å². The molecule has 2 atom stereocenters. The summed E-state index contributed by atoms with van der Waals surface area (Å²) < 4.78 is 50.0. The third-order valence-corrected chi connectivity index (χ3v) is 5.03. The van der Waals surface area contributed by atoms with Crippen molar-refractivity contribution in [2.24, 2.45) is 5.16 Å². The third kappa shape index (κ3) is 6.66. The molecule has 1 aromatic heterocycles. The quantitative estimate of drug-likeness (QED) is 0.486. The predicted octanol–water partition coefficient (Wildman–Crippen LogP) is 3.33. The van der Waals surface area contributed by atoms with Gasteiger partial charge in [-0.1, -0.05) is 28.9 Å². The Morgan fingerprint density at radius 1 is 1.31 bits per heavy atom. The lowest BCUT2D eigenvalue weighted by molar-refractivity contribution is -0.131. The summed E-state index contributed by atoms with van der Waals surface area (Å²) in [4.78, 5) is 33.0. The van der Waals surface area contributed by atoms with Gasteiger partial charge in [0.2, 0.25) is 12.0 Å². The van der Waals surface area contributed by atoms with E-state index in [9.17, 15) is 22.8 Å². The number of amides is 3. The number of carbonyl (C=O) groups excluding carboxylic acids is 2. The molecule has 10 nitrogen and oxygen atoms in total. The fourth-order valence-electron chi connectivity index (χ4n) is 3.06. The summed E-state index contributed by atoms with van der Waals surface area (Å²) in [5.74, 6) is -1.23. The molecule has 0 saturated heterocycles. The maximum Gasteiger partial charge on any atom is 0.334 e. The minimum absolute atomic E-state index is 0.0287. The minimum atomic E-state index is -2.72. The molecule has 14 heteroatoms. The van der Waals surface area contributed by atoms with Gasteiger partial charge in [-0.15, -0.1) is 0 Å². The number of aromatic nitrogens is 1. The Kier molecular flexibility index (Phi) is 8.58. The Balaban J connectivity index is 1.62. The average Bonchev–Trinajstić information content (AvgIpc) is 3.31. The normalized spacial score (nSPS) is 15.6. The number of nitrogens with one attached hydrogen (secondary N) is 3. The summed E-state index contributed by atoms with van der Waals surface area (Å²) in [6.45, 7) is 0.590. The Labute approximate surface area is 202 Å². The van der Waals surface area contributed by atoms with Crippen LogP contribution in [0.4, 0.5) is 18.0 Å². The van der Waals surface area contributed by atoms with E-state index < -0.39 is 42.9 Å². The molecule has 1 aromatic carbocycles. The van der Waals surface area contributed by atoms with Gasteiger partial charge in [0.05, 0.1) is 30.3 Å². The molecule has 2 aromatic rings.